The Morgan fingerprint density at radius 3 is 2.53 bits per heavy atom. The van der Waals surface area contributed by atoms with Crippen molar-refractivity contribution in [2.45, 2.75) is 6.54 Å². The summed E-state index contributed by atoms with van der Waals surface area (Å²) in [6.07, 6.45) is 0. The average Bonchev–Trinajstić information content (AvgIpc) is 2.36. The molecule has 0 aliphatic heterocycles. The fourth-order valence-corrected chi connectivity index (χ4v) is 1.76. The molecule has 0 unspecified atom stereocenters. The van der Waals surface area contributed by atoms with E-state index in [2.05, 4.69) is 10.2 Å². The number of phenols is 2. The van der Waals surface area contributed by atoms with Crippen LogP contribution in [0.15, 0.2) is 46.6 Å². The van der Waals surface area contributed by atoms with Crippen molar-refractivity contribution in [2.24, 2.45) is 10.2 Å². The van der Waals surface area contributed by atoms with Crippen LogP contribution in [0.2, 0.25) is 10.0 Å². The zero-order valence-corrected chi connectivity index (χ0v) is 11.2. The van der Waals surface area contributed by atoms with Crippen molar-refractivity contribution in [3.8, 4) is 11.5 Å². The number of benzene rings is 2. The van der Waals surface area contributed by atoms with Crippen LogP contribution >= 0.6 is 23.2 Å². The zero-order chi connectivity index (χ0) is 13.8. The molecule has 0 spiro atoms. The topological polar surface area (TPSA) is 65.2 Å². The summed E-state index contributed by atoms with van der Waals surface area (Å²) in [5, 5.41) is 27.6. The summed E-state index contributed by atoms with van der Waals surface area (Å²) in [6.45, 7) is 0.176. The van der Waals surface area contributed by atoms with Gasteiger partial charge in [-0.25, -0.2) is 0 Å². The van der Waals surface area contributed by atoms with Crippen LogP contribution in [0, 0.1) is 0 Å². The fourth-order valence-electron chi connectivity index (χ4n) is 1.44. The molecule has 6 heteroatoms. The van der Waals surface area contributed by atoms with Gasteiger partial charge in [0.2, 0.25) is 0 Å². The number of azo groups is 1. The van der Waals surface area contributed by atoms with E-state index < -0.39 is 0 Å². The standard InChI is InChI=1S/C13H10Cl2N2O2/c14-9-2-4-11(15)12(5-9)17-16-7-8-1-3-10(18)6-13(8)19/h1-6,18-19H,7H2. The van der Waals surface area contributed by atoms with E-state index >= 15 is 0 Å². The third kappa shape index (κ3) is 3.59. The second-order valence-electron chi connectivity index (χ2n) is 3.81. The monoisotopic (exact) mass is 296 g/mol. The predicted molar refractivity (Wildman–Crippen MR) is 74.5 cm³/mol. The molecule has 0 aromatic heterocycles. The van der Waals surface area contributed by atoms with Gasteiger partial charge in [0.05, 0.1) is 11.6 Å². The molecule has 0 bridgehead atoms. The summed E-state index contributed by atoms with van der Waals surface area (Å²) in [7, 11) is 0. The molecule has 0 saturated carbocycles. The van der Waals surface area contributed by atoms with E-state index in [1.165, 1.54) is 12.1 Å². The fraction of sp³-hybridized carbons (Fsp3) is 0.0769. The van der Waals surface area contributed by atoms with E-state index in [0.29, 0.717) is 21.3 Å². The first-order chi connectivity index (χ1) is 9.06. The summed E-state index contributed by atoms with van der Waals surface area (Å²) < 4.78 is 0. The van der Waals surface area contributed by atoms with Crippen molar-refractivity contribution in [3.05, 3.63) is 52.0 Å². The van der Waals surface area contributed by atoms with Crippen LogP contribution in [-0.2, 0) is 6.54 Å². The highest BCUT2D eigenvalue weighted by Crippen LogP contribution is 2.29. The Morgan fingerprint density at radius 2 is 1.79 bits per heavy atom. The van der Waals surface area contributed by atoms with Crippen molar-refractivity contribution < 1.29 is 10.2 Å². The maximum atomic E-state index is 9.58. The average molecular weight is 297 g/mol. The van der Waals surface area contributed by atoms with Gasteiger partial charge in [0.25, 0.3) is 0 Å². The summed E-state index contributed by atoms with van der Waals surface area (Å²) in [6, 6.07) is 9.19. The van der Waals surface area contributed by atoms with Crippen LogP contribution in [0.25, 0.3) is 0 Å². The Bertz CT molecular complexity index is 630. The van der Waals surface area contributed by atoms with Gasteiger partial charge in [-0.05, 0) is 30.3 Å². The molecule has 0 fully saturated rings. The first kappa shape index (κ1) is 13.6. The minimum absolute atomic E-state index is 0.00363. The van der Waals surface area contributed by atoms with E-state index in [1.54, 1.807) is 24.3 Å². The molecule has 0 aliphatic carbocycles. The third-order valence-corrected chi connectivity index (χ3v) is 2.95. The SMILES string of the molecule is Oc1ccc(CN=Nc2cc(Cl)ccc2Cl)c(O)c1. The number of nitrogens with zero attached hydrogens (tertiary/aromatic N) is 2. The van der Waals surface area contributed by atoms with Crippen LogP contribution in [0.4, 0.5) is 5.69 Å². The van der Waals surface area contributed by atoms with Gasteiger partial charge in [0.1, 0.15) is 17.2 Å². The van der Waals surface area contributed by atoms with Crippen molar-refractivity contribution in [1.29, 1.82) is 0 Å². The molecular weight excluding hydrogens is 287 g/mol. The first-order valence-corrected chi connectivity index (χ1v) is 6.15. The molecule has 0 amide bonds. The quantitative estimate of drug-likeness (QED) is 0.807. The highest BCUT2D eigenvalue weighted by atomic mass is 35.5. The Balaban J connectivity index is 2.13. The number of halogens is 2. The summed E-state index contributed by atoms with van der Waals surface area (Å²) in [4.78, 5) is 0. The summed E-state index contributed by atoms with van der Waals surface area (Å²) >= 11 is 11.8. The predicted octanol–water partition coefficient (Wildman–Crippen LogP) is 4.69. The van der Waals surface area contributed by atoms with Crippen LogP contribution < -0.4 is 0 Å². The van der Waals surface area contributed by atoms with Crippen molar-refractivity contribution in [1.82, 2.24) is 0 Å². The molecule has 0 aliphatic rings. The van der Waals surface area contributed by atoms with Gasteiger partial charge in [0.15, 0.2) is 0 Å². The van der Waals surface area contributed by atoms with Gasteiger partial charge in [-0.3, -0.25) is 0 Å². The van der Waals surface area contributed by atoms with E-state index in [9.17, 15) is 5.11 Å². The molecular formula is C13H10Cl2N2O2. The normalized spacial score (nSPS) is 11.1. The highest BCUT2D eigenvalue weighted by Gasteiger charge is 2.02. The molecule has 0 saturated heterocycles. The van der Waals surface area contributed by atoms with E-state index in [4.69, 9.17) is 28.3 Å². The highest BCUT2D eigenvalue weighted by molar-refractivity contribution is 6.35. The zero-order valence-electron chi connectivity index (χ0n) is 9.72. The third-order valence-electron chi connectivity index (χ3n) is 2.40. The first-order valence-electron chi connectivity index (χ1n) is 5.39. The lowest BCUT2D eigenvalue weighted by molar-refractivity contribution is 0.446. The molecule has 0 radical (unpaired) electrons. The molecule has 0 heterocycles. The lowest BCUT2D eigenvalue weighted by atomic mass is 10.2. The van der Waals surface area contributed by atoms with Crippen LogP contribution in [0.1, 0.15) is 5.56 Å². The molecule has 2 aromatic carbocycles. The number of hydrogen-bond donors (Lipinski definition) is 2. The van der Waals surface area contributed by atoms with Gasteiger partial charge in [0, 0.05) is 16.7 Å². The van der Waals surface area contributed by atoms with E-state index in [-0.39, 0.29) is 18.0 Å². The number of hydrogen-bond acceptors (Lipinski definition) is 4. The molecule has 0 atom stereocenters. The Kier molecular flexibility index (Phi) is 4.24. The molecule has 19 heavy (non-hydrogen) atoms. The maximum absolute atomic E-state index is 9.58. The van der Waals surface area contributed by atoms with Gasteiger partial charge < -0.3 is 10.2 Å². The maximum Gasteiger partial charge on any atom is 0.124 e. The summed E-state index contributed by atoms with van der Waals surface area (Å²) in [5.74, 6) is -0.0350. The number of aromatic hydroxyl groups is 2. The minimum Gasteiger partial charge on any atom is -0.508 e. The van der Waals surface area contributed by atoms with Gasteiger partial charge in [-0.2, -0.15) is 10.2 Å². The lowest BCUT2D eigenvalue weighted by Gasteiger charge is -2.01. The van der Waals surface area contributed by atoms with Crippen LogP contribution in [0.3, 0.4) is 0 Å². The van der Waals surface area contributed by atoms with Crippen molar-refractivity contribution >= 4 is 28.9 Å². The summed E-state index contributed by atoms with van der Waals surface area (Å²) in [5.41, 5.74) is 1.02. The van der Waals surface area contributed by atoms with Gasteiger partial charge in [-0.15, -0.1) is 0 Å². The second kappa shape index (κ2) is 5.91. The van der Waals surface area contributed by atoms with Crippen LogP contribution in [-0.4, -0.2) is 10.2 Å². The van der Waals surface area contributed by atoms with Crippen LogP contribution in [0.5, 0.6) is 11.5 Å². The number of rotatable bonds is 3. The van der Waals surface area contributed by atoms with E-state index in [1.807, 2.05) is 0 Å². The lowest BCUT2D eigenvalue weighted by Crippen LogP contribution is -1.81. The van der Waals surface area contributed by atoms with Gasteiger partial charge >= 0.3 is 0 Å². The molecule has 2 aromatic rings. The molecule has 4 nitrogen and oxygen atoms in total. The Morgan fingerprint density at radius 1 is 1.00 bits per heavy atom. The largest absolute Gasteiger partial charge is 0.508 e. The minimum atomic E-state index is -0.0314. The number of phenolic OH excluding ortho intramolecular Hbond substituents is 2. The van der Waals surface area contributed by atoms with Crippen molar-refractivity contribution in [2.75, 3.05) is 0 Å². The Hall–Kier alpha value is -1.78. The van der Waals surface area contributed by atoms with Gasteiger partial charge in [-0.1, -0.05) is 23.2 Å². The van der Waals surface area contributed by atoms with E-state index in [0.717, 1.165) is 0 Å². The molecule has 2 N–H and O–H groups in total. The smallest absolute Gasteiger partial charge is 0.124 e. The Labute approximate surface area is 119 Å². The second-order valence-corrected chi connectivity index (χ2v) is 4.65. The molecule has 98 valence electrons. The molecule has 2 rings (SSSR count). The van der Waals surface area contributed by atoms with Crippen molar-refractivity contribution in [3.63, 3.8) is 0 Å².